The number of pyridine rings is 1. The van der Waals surface area contributed by atoms with Gasteiger partial charge in [0.15, 0.2) is 0 Å². The van der Waals surface area contributed by atoms with Gasteiger partial charge in [-0.05, 0) is 60.4 Å². The van der Waals surface area contributed by atoms with Gasteiger partial charge in [-0.1, -0.05) is 92.2 Å². The molecule has 0 fully saturated rings. The predicted octanol–water partition coefficient (Wildman–Crippen LogP) is 10.2. The number of nitrogens with zero attached hydrogens (tertiary/aromatic N) is 2. The predicted molar refractivity (Wildman–Crippen MR) is 197 cm³/mol. The highest BCUT2D eigenvalue weighted by Crippen LogP contribution is 2.47. The van der Waals surface area contributed by atoms with Crippen LogP contribution in [0.1, 0.15) is 54.3 Å². The Balaban J connectivity index is 1.24. The maximum absolute atomic E-state index is 12.1. The highest BCUT2D eigenvalue weighted by Gasteiger charge is 2.30. The molecule has 0 bridgehead atoms. The van der Waals surface area contributed by atoms with Gasteiger partial charge in [0, 0.05) is 50.0 Å². The van der Waals surface area contributed by atoms with Crippen LogP contribution in [0.25, 0.3) is 22.0 Å². The van der Waals surface area contributed by atoms with Crippen molar-refractivity contribution in [3.63, 3.8) is 0 Å². The van der Waals surface area contributed by atoms with Crippen LogP contribution in [0.5, 0.6) is 11.5 Å². The number of aromatic nitrogens is 2. The van der Waals surface area contributed by atoms with Gasteiger partial charge in [0.1, 0.15) is 24.7 Å². The number of para-hydroxylation sites is 1. The molecule has 0 amide bonds. The summed E-state index contributed by atoms with van der Waals surface area (Å²) >= 11 is 8.10. The lowest BCUT2D eigenvalue weighted by molar-refractivity contribution is -0.138. The van der Waals surface area contributed by atoms with Crippen molar-refractivity contribution >= 4 is 40.2 Å². The lowest BCUT2D eigenvalue weighted by atomic mass is 9.96. The molecule has 6 aromatic rings. The second-order valence-corrected chi connectivity index (χ2v) is 14.3. The summed E-state index contributed by atoms with van der Waals surface area (Å²) in [5.41, 5.74) is 8.24. The van der Waals surface area contributed by atoms with E-state index >= 15 is 0 Å². The third kappa shape index (κ3) is 6.91. The van der Waals surface area contributed by atoms with E-state index in [2.05, 4.69) is 54.0 Å². The summed E-state index contributed by atoms with van der Waals surface area (Å²) in [6.07, 6.45) is 3.25. The third-order valence-electron chi connectivity index (χ3n) is 9.09. The maximum Gasteiger partial charge on any atom is 0.311 e. The molecular formula is C41H37ClN2O4S. The van der Waals surface area contributed by atoms with Gasteiger partial charge >= 0.3 is 5.97 Å². The molecule has 1 N–H and O–H groups in total. The summed E-state index contributed by atoms with van der Waals surface area (Å²) in [7, 11) is 0. The van der Waals surface area contributed by atoms with E-state index in [1.54, 1.807) is 0 Å². The quantitative estimate of drug-likeness (QED) is 0.138. The molecule has 248 valence electrons. The standard InChI is InChI=1S/C41H37ClN2O4S/c1-3-32(41(45)46)33-11-7-8-12-37(33)48-25-36-40-39-34(21-26(2)49-40)38(20-19-35(39)44(36)23-27-13-16-30(42)17-14-27)47-24-31-18-15-29(22-43-31)28-9-5-4-6-10-28/h4-20,22,26,32H,3,21,23-25H2,1-2H3,(H,45,46). The highest BCUT2D eigenvalue weighted by atomic mass is 35.5. The molecule has 2 atom stereocenters. The van der Waals surface area contributed by atoms with Gasteiger partial charge in [0.05, 0.1) is 22.8 Å². The normalized spacial score (nSPS) is 14.5. The van der Waals surface area contributed by atoms with Crippen LogP contribution in [-0.4, -0.2) is 25.9 Å². The summed E-state index contributed by atoms with van der Waals surface area (Å²) in [5, 5.41) is 12.1. The van der Waals surface area contributed by atoms with E-state index in [-0.39, 0.29) is 6.61 Å². The first-order chi connectivity index (χ1) is 23.9. The molecule has 0 spiro atoms. The second-order valence-electron chi connectivity index (χ2n) is 12.4. The van der Waals surface area contributed by atoms with E-state index in [4.69, 9.17) is 26.1 Å². The number of hydrogen-bond acceptors (Lipinski definition) is 5. The van der Waals surface area contributed by atoms with E-state index in [0.717, 1.165) is 45.8 Å². The van der Waals surface area contributed by atoms with Crippen LogP contribution < -0.4 is 9.47 Å². The monoisotopic (exact) mass is 688 g/mol. The summed E-state index contributed by atoms with van der Waals surface area (Å²) in [4.78, 5) is 18.0. The lowest BCUT2D eigenvalue weighted by Gasteiger charge is -2.22. The van der Waals surface area contributed by atoms with Gasteiger partial charge in [0.2, 0.25) is 0 Å². The Morgan fingerprint density at radius 2 is 1.67 bits per heavy atom. The van der Waals surface area contributed by atoms with Crippen LogP contribution >= 0.6 is 23.4 Å². The smallest absolute Gasteiger partial charge is 0.311 e. The third-order valence-corrected chi connectivity index (χ3v) is 10.6. The van der Waals surface area contributed by atoms with Gasteiger partial charge in [-0.2, -0.15) is 0 Å². The molecule has 8 heteroatoms. The Kier molecular flexibility index (Phi) is 9.65. The van der Waals surface area contributed by atoms with Crippen LogP contribution in [0.15, 0.2) is 114 Å². The van der Waals surface area contributed by atoms with Crippen LogP contribution in [0.3, 0.4) is 0 Å². The number of ether oxygens (including phenoxy) is 2. The average Bonchev–Trinajstić information content (AvgIpc) is 3.41. The number of thioether (sulfide) groups is 1. The van der Waals surface area contributed by atoms with Crippen LogP contribution in [-0.2, 0) is 31.0 Å². The fourth-order valence-corrected chi connectivity index (χ4v) is 8.06. The molecule has 2 aromatic heterocycles. The number of aliphatic carboxylic acids is 1. The van der Waals surface area contributed by atoms with Crippen LogP contribution in [0.2, 0.25) is 5.02 Å². The number of carboxylic acid groups (broad SMARTS) is 1. The van der Waals surface area contributed by atoms with E-state index in [1.165, 1.54) is 15.8 Å². The van der Waals surface area contributed by atoms with Gasteiger partial charge in [0.25, 0.3) is 0 Å². The molecular weight excluding hydrogens is 652 g/mol. The Bertz CT molecular complexity index is 2100. The fourth-order valence-electron chi connectivity index (χ4n) is 6.63. The Hall–Kier alpha value is -4.72. The molecule has 0 saturated heterocycles. The molecule has 2 unspecified atom stereocenters. The summed E-state index contributed by atoms with van der Waals surface area (Å²) in [5.74, 6) is -0.0340. The van der Waals surface area contributed by atoms with E-state index in [9.17, 15) is 9.90 Å². The first-order valence-corrected chi connectivity index (χ1v) is 17.8. The molecule has 1 aliphatic heterocycles. The van der Waals surface area contributed by atoms with Gasteiger partial charge in [-0.25, -0.2) is 0 Å². The van der Waals surface area contributed by atoms with Crippen LogP contribution in [0, 0.1) is 0 Å². The van der Waals surface area contributed by atoms with Crippen molar-refractivity contribution in [3.05, 3.63) is 142 Å². The van der Waals surface area contributed by atoms with Crippen molar-refractivity contribution < 1.29 is 19.4 Å². The Morgan fingerprint density at radius 3 is 2.41 bits per heavy atom. The first kappa shape index (κ1) is 32.8. The number of benzene rings is 4. The van der Waals surface area contributed by atoms with E-state index < -0.39 is 11.9 Å². The summed E-state index contributed by atoms with van der Waals surface area (Å²) in [6, 6.07) is 34.0. The Morgan fingerprint density at radius 1 is 0.918 bits per heavy atom. The van der Waals surface area contributed by atoms with E-state index in [0.29, 0.717) is 41.2 Å². The fraction of sp³-hybridized carbons (Fsp3) is 0.220. The SMILES string of the molecule is CCC(C(=O)O)c1ccccc1OCc1c2c3c(c(OCc4ccc(-c5ccccc5)cn4)ccc3n1Cc1ccc(Cl)cc1)CC(C)S2. The summed E-state index contributed by atoms with van der Waals surface area (Å²) < 4.78 is 15.4. The number of halogens is 1. The largest absolute Gasteiger partial charge is 0.487 e. The maximum atomic E-state index is 12.1. The molecule has 0 radical (unpaired) electrons. The number of rotatable bonds is 12. The average molecular weight is 689 g/mol. The zero-order chi connectivity index (χ0) is 33.9. The van der Waals surface area contributed by atoms with E-state index in [1.807, 2.05) is 85.5 Å². The minimum atomic E-state index is -0.852. The number of hydrogen-bond donors (Lipinski definition) is 1. The number of carboxylic acids is 1. The molecule has 0 saturated carbocycles. The van der Waals surface area contributed by atoms with Crippen molar-refractivity contribution in [3.8, 4) is 22.6 Å². The molecule has 3 heterocycles. The summed E-state index contributed by atoms with van der Waals surface area (Å²) in [6.45, 7) is 5.42. The first-order valence-electron chi connectivity index (χ1n) is 16.5. The Labute approximate surface area is 295 Å². The van der Waals surface area contributed by atoms with Crippen molar-refractivity contribution in [2.45, 2.75) is 62.5 Å². The second kappa shape index (κ2) is 14.4. The molecule has 1 aliphatic rings. The molecule has 49 heavy (non-hydrogen) atoms. The molecule has 0 aliphatic carbocycles. The van der Waals surface area contributed by atoms with Crippen molar-refractivity contribution in [2.24, 2.45) is 0 Å². The molecule has 7 rings (SSSR count). The van der Waals surface area contributed by atoms with Crippen LogP contribution in [0.4, 0.5) is 0 Å². The van der Waals surface area contributed by atoms with Gasteiger partial charge < -0.3 is 19.1 Å². The molecule has 4 aromatic carbocycles. The molecule has 6 nitrogen and oxygen atoms in total. The van der Waals surface area contributed by atoms with Crippen molar-refractivity contribution in [1.29, 1.82) is 0 Å². The zero-order valence-electron chi connectivity index (χ0n) is 27.4. The lowest BCUT2D eigenvalue weighted by Crippen LogP contribution is -2.14. The minimum absolute atomic E-state index is 0.289. The number of carbonyl (C=O) groups is 1. The van der Waals surface area contributed by atoms with Crippen molar-refractivity contribution in [2.75, 3.05) is 0 Å². The highest BCUT2D eigenvalue weighted by molar-refractivity contribution is 8.00. The van der Waals surface area contributed by atoms with Gasteiger partial charge in [-0.15, -0.1) is 11.8 Å². The zero-order valence-corrected chi connectivity index (χ0v) is 29.0. The van der Waals surface area contributed by atoms with Crippen molar-refractivity contribution in [1.82, 2.24) is 9.55 Å². The van der Waals surface area contributed by atoms with Gasteiger partial charge in [-0.3, -0.25) is 9.78 Å². The minimum Gasteiger partial charge on any atom is -0.487 e. The topological polar surface area (TPSA) is 73.6 Å².